The number of alkyl halides is 3. The lowest BCUT2D eigenvalue weighted by Crippen LogP contribution is -2.37. The van der Waals surface area contributed by atoms with Crippen molar-refractivity contribution in [2.75, 3.05) is 0 Å². The summed E-state index contributed by atoms with van der Waals surface area (Å²) in [5.41, 5.74) is 5.14. The highest BCUT2D eigenvalue weighted by Crippen LogP contribution is 2.28. The molecule has 7 heteroatoms. The fourth-order valence-corrected chi connectivity index (χ4v) is 1.72. The molecule has 0 aliphatic heterocycles. The van der Waals surface area contributed by atoms with Crippen molar-refractivity contribution in [1.82, 2.24) is 9.55 Å². The number of rotatable bonds is 5. The molecule has 0 bridgehead atoms. The van der Waals surface area contributed by atoms with Crippen LogP contribution in [0, 0.1) is 5.92 Å². The Morgan fingerprint density at radius 3 is 2.71 bits per heavy atom. The van der Waals surface area contributed by atoms with Gasteiger partial charge in [-0.3, -0.25) is 0 Å². The van der Waals surface area contributed by atoms with Crippen LogP contribution in [0.1, 0.15) is 19.2 Å². The van der Waals surface area contributed by atoms with Crippen molar-refractivity contribution < 1.29 is 13.2 Å². The molecule has 2 N–H and O–H groups in total. The summed E-state index contributed by atoms with van der Waals surface area (Å²) in [6.07, 6.45) is 0.0370. The number of thiocarbonyl (C=S) groups is 1. The minimum Gasteiger partial charge on any atom is -0.393 e. The maximum atomic E-state index is 12.7. The maximum absolute atomic E-state index is 12.7. The molecule has 0 aliphatic rings. The van der Waals surface area contributed by atoms with Gasteiger partial charge in [0.1, 0.15) is 11.7 Å². The van der Waals surface area contributed by atoms with E-state index in [2.05, 4.69) is 17.2 Å². The van der Waals surface area contributed by atoms with E-state index in [9.17, 15) is 13.2 Å². The summed E-state index contributed by atoms with van der Waals surface area (Å²) in [5, 5.41) is 0. The predicted octanol–water partition coefficient (Wildman–Crippen LogP) is 2.30. The molecule has 1 aromatic rings. The van der Waals surface area contributed by atoms with Gasteiger partial charge in [-0.2, -0.15) is 13.2 Å². The minimum atomic E-state index is -4.42. The van der Waals surface area contributed by atoms with Crippen molar-refractivity contribution in [1.29, 1.82) is 0 Å². The molecule has 0 fully saturated rings. The van der Waals surface area contributed by atoms with E-state index in [0.717, 1.165) is 6.42 Å². The van der Waals surface area contributed by atoms with Crippen molar-refractivity contribution in [3.05, 3.63) is 18.2 Å². The zero-order valence-corrected chi connectivity index (χ0v) is 10.2. The molecular formula is C10H14F3N3S. The second-order valence-corrected chi connectivity index (χ2v) is 4.21. The molecule has 0 saturated heterocycles. The number of hydrogen-bond donors (Lipinski definition) is 1. The van der Waals surface area contributed by atoms with Gasteiger partial charge in [0.05, 0.1) is 4.99 Å². The highest BCUT2D eigenvalue weighted by Gasteiger charge is 2.42. The van der Waals surface area contributed by atoms with Crippen LogP contribution in [0.25, 0.3) is 0 Å². The molecule has 1 atom stereocenters. The van der Waals surface area contributed by atoms with Crippen molar-refractivity contribution in [3.8, 4) is 0 Å². The molecule has 0 radical (unpaired) electrons. The smallest absolute Gasteiger partial charge is 0.393 e. The average Bonchev–Trinajstić information content (AvgIpc) is 2.60. The molecule has 17 heavy (non-hydrogen) atoms. The van der Waals surface area contributed by atoms with Crippen molar-refractivity contribution >= 4 is 17.2 Å². The quantitative estimate of drug-likeness (QED) is 0.831. The standard InChI is InChI=1S/C10H14F3N3S/c1-2-3-8-15-4-5-16(8)6-7(9(14)17)10(11,12)13/h4-5,7H,2-3,6H2,1H3,(H2,14,17). The summed E-state index contributed by atoms with van der Waals surface area (Å²) < 4.78 is 39.5. The lowest BCUT2D eigenvalue weighted by molar-refractivity contribution is -0.158. The molecule has 1 rings (SSSR count). The fourth-order valence-electron chi connectivity index (χ4n) is 1.51. The Morgan fingerprint density at radius 2 is 2.24 bits per heavy atom. The normalized spacial score (nSPS) is 13.6. The Labute approximate surface area is 103 Å². The van der Waals surface area contributed by atoms with Crippen LogP contribution in [0.3, 0.4) is 0 Å². The van der Waals surface area contributed by atoms with E-state index in [1.807, 2.05) is 6.92 Å². The summed E-state index contributed by atoms with van der Waals surface area (Å²) in [6.45, 7) is 1.64. The van der Waals surface area contributed by atoms with Gasteiger partial charge in [0.15, 0.2) is 0 Å². The van der Waals surface area contributed by atoms with Gasteiger partial charge in [-0.1, -0.05) is 19.1 Å². The molecule has 1 heterocycles. The molecule has 0 aliphatic carbocycles. The molecule has 1 unspecified atom stereocenters. The summed E-state index contributed by atoms with van der Waals surface area (Å²) in [4.78, 5) is 3.48. The van der Waals surface area contributed by atoms with Crippen LogP contribution in [0.2, 0.25) is 0 Å². The Bertz CT molecular complexity index is 386. The molecule has 0 saturated carbocycles. The van der Waals surface area contributed by atoms with Gasteiger partial charge in [0.2, 0.25) is 0 Å². The number of aryl methyl sites for hydroxylation is 1. The van der Waals surface area contributed by atoms with E-state index in [0.29, 0.717) is 12.2 Å². The molecule has 96 valence electrons. The number of nitrogens with zero attached hydrogens (tertiary/aromatic N) is 2. The Kier molecular flexibility index (Phi) is 4.50. The first-order valence-corrected chi connectivity index (χ1v) is 5.63. The Morgan fingerprint density at radius 1 is 1.59 bits per heavy atom. The van der Waals surface area contributed by atoms with Gasteiger partial charge in [-0.15, -0.1) is 0 Å². The Balaban J connectivity index is 2.87. The van der Waals surface area contributed by atoms with Gasteiger partial charge in [0, 0.05) is 25.4 Å². The highest BCUT2D eigenvalue weighted by atomic mass is 32.1. The third-order valence-corrected chi connectivity index (χ3v) is 2.68. The van der Waals surface area contributed by atoms with Crippen LogP contribution in [0.15, 0.2) is 12.4 Å². The zero-order chi connectivity index (χ0) is 13.1. The summed E-state index contributed by atoms with van der Waals surface area (Å²) >= 11 is 4.47. The third kappa shape index (κ3) is 3.69. The van der Waals surface area contributed by atoms with Crippen LogP contribution in [-0.2, 0) is 13.0 Å². The highest BCUT2D eigenvalue weighted by molar-refractivity contribution is 7.80. The Hall–Kier alpha value is -1.11. The molecule has 0 amide bonds. The second-order valence-electron chi connectivity index (χ2n) is 3.74. The van der Waals surface area contributed by atoms with Gasteiger partial charge in [0.25, 0.3) is 0 Å². The van der Waals surface area contributed by atoms with E-state index in [1.54, 1.807) is 0 Å². The first kappa shape index (κ1) is 14.0. The van der Waals surface area contributed by atoms with E-state index in [4.69, 9.17) is 5.73 Å². The number of imidazole rings is 1. The van der Waals surface area contributed by atoms with E-state index < -0.39 is 17.1 Å². The first-order valence-electron chi connectivity index (χ1n) is 5.22. The largest absolute Gasteiger partial charge is 0.399 e. The molecule has 0 aromatic carbocycles. The van der Waals surface area contributed by atoms with Crippen molar-refractivity contribution in [3.63, 3.8) is 0 Å². The zero-order valence-electron chi connectivity index (χ0n) is 9.37. The summed E-state index contributed by atoms with van der Waals surface area (Å²) in [6, 6.07) is 0. The lowest BCUT2D eigenvalue weighted by Gasteiger charge is -2.20. The molecule has 1 aromatic heterocycles. The molecule has 3 nitrogen and oxygen atoms in total. The van der Waals surface area contributed by atoms with Crippen molar-refractivity contribution in [2.45, 2.75) is 32.5 Å². The van der Waals surface area contributed by atoms with Gasteiger partial charge < -0.3 is 10.3 Å². The van der Waals surface area contributed by atoms with Crippen LogP contribution in [-0.4, -0.2) is 20.7 Å². The van der Waals surface area contributed by atoms with Crippen LogP contribution in [0.5, 0.6) is 0 Å². The first-order chi connectivity index (χ1) is 7.86. The SMILES string of the molecule is CCCc1nccn1CC(C(N)=S)C(F)(F)F. The summed E-state index contributed by atoms with van der Waals surface area (Å²) in [7, 11) is 0. The maximum Gasteiger partial charge on any atom is 0.399 e. The average molecular weight is 265 g/mol. The van der Waals surface area contributed by atoms with Gasteiger partial charge in [-0.25, -0.2) is 4.98 Å². The fraction of sp³-hybridized carbons (Fsp3) is 0.600. The lowest BCUT2D eigenvalue weighted by atomic mass is 10.1. The third-order valence-electron chi connectivity index (χ3n) is 2.39. The van der Waals surface area contributed by atoms with E-state index in [-0.39, 0.29) is 6.54 Å². The van der Waals surface area contributed by atoms with Gasteiger partial charge >= 0.3 is 6.18 Å². The monoisotopic (exact) mass is 265 g/mol. The van der Waals surface area contributed by atoms with E-state index >= 15 is 0 Å². The summed E-state index contributed by atoms with van der Waals surface area (Å²) in [5.74, 6) is -1.18. The number of hydrogen-bond acceptors (Lipinski definition) is 2. The van der Waals surface area contributed by atoms with Crippen LogP contribution in [0.4, 0.5) is 13.2 Å². The number of aromatic nitrogens is 2. The predicted molar refractivity (Wildman–Crippen MR) is 62.6 cm³/mol. The van der Waals surface area contributed by atoms with E-state index in [1.165, 1.54) is 17.0 Å². The molecular weight excluding hydrogens is 251 g/mol. The number of nitrogens with two attached hydrogens (primary N) is 1. The van der Waals surface area contributed by atoms with Gasteiger partial charge in [-0.05, 0) is 6.42 Å². The van der Waals surface area contributed by atoms with Crippen LogP contribution < -0.4 is 5.73 Å². The minimum absolute atomic E-state index is 0.297. The molecule has 0 spiro atoms. The number of halogens is 3. The topological polar surface area (TPSA) is 43.8 Å². The second kappa shape index (κ2) is 5.48. The van der Waals surface area contributed by atoms with Crippen LogP contribution >= 0.6 is 12.2 Å². The van der Waals surface area contributed by atoms with Crippen molar-refractivity contribution in [2.24, 2.45) is 11.7 Å².